The molecule has 1 N–H and O–H groups in total. The molecule has 0 saturated heterocycles. The molecule has 1 unspecified atom stereocenters. The maximum absolute atomic E-state index is 12.6. The Hall–Kier alpha value is -0.460. The molecular formula is C10H13BrFNO2S. The third-order valence-corrected chi connectivity index (χ3v) is 4.44. The lowest BCUT2D eigenvalue weighted by Gasteiger charge is -2.14. The predicted molar refractivity (Wildman–Crippen MR) is 64.6 cm³/mol. The van der Waals surface area contributed by atoms with E-state index in [1.807, 2.05) is 6.92 Å². The van der Waals surface area contributed by atoms with Gasteiger partial charge in [0.25, 0.3) is 0 Å². The van der Waals surface area contributed by atoms with Gasteiger partial charge in [0, 0.05) is 11.4 Å². The first-order valence-corrected chi connectivity index (χ1v) is 7.44. The predicted octanol–water partition coefficient (Wildman–Crippen LogP) is 2.28. The van der Waals surface area contributed by atoms with Crippen molar-refractivity contribution < 1.29 is 12.8 Å². The molecule has 1 aromatic carbocycles. The highest BCUT2D eigenvalue weighted by Gasteiger charge is 2.17. The van der Waals surface area contributed by atoms with E-state index in [0.717, 1.165) is 12.1 Å². The quantitative estimate of drug-likeness (QED) is 0.848. The van der Waals surface area contributed by atoms with Gasteiger partial charge in [-0.05, 0) is 30.7 Å². The summed E-state index contributed by atoms with van der Waals surface area (Å²) in [6.07, 6.45) is 0.686. The number of nitrogens with one attached hydrogen (secondary N) is 1. The zero-order valence-electron chi connectivity index (χ0n) is 8.78. The molecule has 0 amide bonds. The first kappa shape index (κ1) is 13.6. The normalized spacial score (nSPS) is 13.7. The fraction of sp³-hybridized carbons (Fsp3) is 0.400. The van der Waals surface area contributed by atoms with Crippen molar-refractivity contribution in [1.29, 1.82) is 0 Å². The van der Waals surface area contributed by atoms with Gasteiger partial charge in [0.05, 0.1) is 4.90 Å². The van der Waals surface area contributed by atoms with Gasteiger partial charge in [0.1, 0.15) is 5.82 Å². The fourth-order valence-corrected chi connectivity index (χ4v) is 3.28. The Morgan fingerprint density at radius 1 is 1.38 bits per heavy atom. The van der Waals surface area contributed by atoms with E-state index in [2.05, 4.69) is 20.7 Å². The minimum atomic E-state index is -3.55. The zero-order chi connectivity index (χ0) is 12.2. The molecule has 1 atom stereocenters. The Balaban J connectivity index is 2.89. The van der Waals surface area contributed by atoms with E-state index in [1.165, 1.54) is 12.1 Å². The Bertz CT molecular complexity index is 429. The van der Waals surface area contributed by atoms with Crippen LogP contribution in [0.5, 0.6) is 0 Å². The molecule has 3 nitrogen and oxygen atoms in total. The van der Waals surface area contributed by atoms with Gasteiger partial charge in [-0.1, -0.05) is 22.9 Å². The minimum Gasteiger partial charge on any atom is -0.207 e. The van der Waals surface area contributed by atoms with Crippen LogP contribution in [0.4, 0.5) is 4.39 Å². The summed E-state index contributed by atoms with van der Waals surface area (Å²) in [5, 5.41) is 0.546. The van der Waals surface area contributed by atoms with Crippen molar-refractivity contribution in [1.82, 2.24) is 4.72 Å². The van der Waals surface area contributed by atoms with Gasteiger partial charge in [-0.3, -0.25) is 0 Å². The molecule has 0 saturated carbocycles. The molecule has 0 aliphatic carbocycles. The third kappa shape index (κ3) is 3.54. The van der Waals surface area contributed by atoms with Crippen molar-refractivity contribution in [3.63, 3.8) is 0 Å². The molecule has 6 heteroatoms. The molecule has 0 fully saturated rings. The first-order chi connectivity index (χ1) is 7.49. The van der Waals surface area contributed by atoms with Gasteiger partial charge in [0.15, 0.2) is 0 Å². The molecule has 0 aromatic heterocycles. The number of benzene rings is 1. The van der Waals surface area contributed by atoms with E-state index >= 15 is 0 Å². The summed E-state index contributed by atoms with van der Waals surface area (Å²) in [6, 6.07) is 4.60. The number of sulfonamides is 1. The van der Waals surface area contributed by atoms with Crippen LogP contribution in [0.1, 0.15) is 13.3 Å². The topological polar surface area (TPSA) is 46.2 Å². The second-order valence-electron chi connectivity index (χ2n) is 3.33. The number of hydrogen-bond donors (Lipinski definition) is 1. The molecule has 0 aliphatic heterocycles. The lowest BCUT2D eigenvalue weighted by atomic mass is 10.3. The highest BCUT2D eigenvalue weighted by molar-refractivity contribution is 9.09. The smallest absolute Gasteiger partial charge is 0.207 e. The summed E-state index contributed by atoms with van der Waals surface area (Å²) in [5.41, 5.74) is 0. The van der Waals surface area contributed by atoms with Crippen LogP contribution < -0.4 is 4.72 Å². The maximum atomic E-state index is 12.6. The largest absolute Gasteiger partial charge is 0.240 e. The molecule has 90 valence electrons. The van der Waals surface area contributed by atoms with Crippen LogP contribution in [0.2, 0.25) is 0 Å². The van der Waals surface area contributed by atoms with E-state index in [-0.39, 0.29) is 10.9 Å². The Labute approximate surface area is 103 Å². The van der Waals surface area contributed by atoms with Gasteiger partial charge in [0.2, 0.25) is 10.0 Å². The molecular weight excluding hydrogens is 297 g/mol. The fourth-order valence-electron chi connectivity index (χ4n) is 1.13. The van der Waals surface area contributed by atoms with Gasteiger partial charge >= 0.3 is 0 Å². The van der Waals surface area contributed by atoms with Crippen LogP contribution in [0.3, 0.4) is 0 Å². The Morgan fingerprint density at radius 3 is 2.38 bits per heavy atom. The second kappa shape index (κ2) is 5.75. The Kier molecular flexibility index (Phi) is 4.89. The summed E-state index contributed by atoms with van der Waals surface area (Å²) in [5.74, 6) is -0.452. The van der Waals surface area contributed by atoms with Crippen LogP contribution in [0.15, 0.2) is 29.2 Å². The molecule has 0 aliphatic rings. The molecule has 1 aromatic rings. The number of alkyl halides is 1. The lowest BCUT2D eigenvalue weighted by Crippen LogP contribution is -2.35. The first-order valence-electron chi connectivity index (χ1n) is 4.83. The Morgan fingerprint density at radius 2 is 1.94 bits per heavy atom. The average Bonchev–Trinajstić information content (AvgIpc) is 2.26. The molecule has 1 rings (SSSR count). The number of halogens is 2. The summed E-state index contributed by atoms with van der Waals surface area (Å²) in [6.45, 7) is 1.89. The summed E-state index contributed by atoms with van der Waals surface area (Å²) in [7, 11) is -3.55. The van der Waals surface area contributed by atoms with Crippen molar-refractivity contribution in [2.24, 2.45) is 0 Å². The van der Waals surface area contributed by atoms with E-state index in [0.29, 0.717) is 11.8 Å². The number of rotatable bonds is 5. The average molecular weight is 310 g/mol. The highest BCUT2D eigenvalue weighted by Crippen LogP contribution is 2.11. The SMILES string of the molecule is CCC(CBr)NS(=O)(=O)c1ccc(F)cc1. The zero-order valence-corrected chi connectivity index (χ0v) is 11.2. The summed E-state index contributed by atoms with van der Waals surface area (Å²) >= 11 is 3.23. The molecule has 16 heavy (non-hydrogen) atoms. The van der Waals surface area contributed by atoms with Gasteiger partial charge in [-0.15, -0.1) is 0 Å². The molecule has 0 radical (unpaired) electrons. The van der Waals surface area contributed by atoms with Crippen molar-refractivity contribution in [3.05, 3.63) is 30.1 Å². The summed E-state index contributed by atoms with van der Waals surface area (Å²) < 4.78 is 38.8. The molecule has 0 bridgehead atoms. The summed E-state index contributed by atoms with van der Waals surface area (Å²) in [4.78, 5) is 0.0771. The van der Waals surface area contributed by atoms with E-state index in [9.17, 15) is 12.8 Å². The van der Waals surface area contributed by atoms with Crippen LogP contribution in [-0.2, 0) is 10.0 Å². The van der Waals surface area contributed by atoms with E-state index < -0.39 is 15.8 Å². The van der Waals surface area contributed by atoms with Crippen LogP contribution in [0.25, 0.3) is 0 Å². The van der Waals surface area contributed by atoms with Gasteiger partial charge in [-0.25, -0.2) is 17.5 Å². The molecule has 0 spiro atoms. The van der Waals surface area contributed by atoms with Crippen molar-refractivity contribution in [2.75, 3.05) is 5.33 Å². The van der Waals surface area contributed by atoms with Crippen LogP contribution in [-0.4, -0.2) is 19.8 Å². The van der Waals surface area contributed by atoms with Crippen molar-refractivity contribution in [2.45, 2.75) is 24.3 Å². The lowest BCUT2D eigenvalue weighted by molar-refractivity contribution is 0.558. The minimum absolute atomic E-state index is 0.0771. The number of hydrogen-bond acceptors (Lipinski definition) is 2. The second-order valence-corrected chi connectivity index (χ2v) is 5.70. The van der Waals surface area contributed by atoms with Crippen molar-refractivity contribution in [3.8, 4) is 0 Å². The standard InChI is InChI=1S/C10H13BrFNO2S/c1-2-9(7-11)13-16(14,15)10-5-3-8(12)4-6-10/h3-6,9,13H,2,7H2,1H3. The third-order valence-electron chi connectivity index (χ3n) is 2.12. The van der Waals surface area contributed by atoms with Crippen LogP contribution in [0, 0.1) is 5.82 Å². The van der Waals surface area contributed by atoms with E-state index in [1.54, 1.807) is 0 Å². The van der Waals surface area contributed by atoms with Gasteiger partial charge < -0.3 is 0 Å². The van der Waals surface area contributed by atoms with Crippen LogP contribution >= 0.6 is 15.9 Å². The van der Waals surface area contributed by atoms with Gasteiger partial charge in [-0.2, -0.15) is 0 Å². The maximum Gasteiger partial charge on any atom is 0.240 e. The monoisotopic (exact) mass is 309 g/mol. The molecule has 0 heterocycles. The highest BCUT2D eigenvalue weighted by atomic mass is 79.9. The van der Waals surface area contributed by atoms with Crippen molar-refractivity contribution >= 4 is 26.0 Å². The van der Waals surface area contributed by atoms with E-state index in [4.69, 9.17) is 0 Å².